The van der Waals surface area contributed by atoms with E-state index in [4.69, 9.17) is 25.8 Å². The van der Waals surface area contributed by atoms with Gasteiger partial charge in [-0.25, -0.2) is 0 Å². The van der Waals surface area contributed by atoms with Gasteiger partial charge in [0.15, 0.2) is 0 Å². The number of methoxy groups -OCH3 is 1. The third kappa shape index (κ3) is 4.35. The highest BCUT2D eigenvalue weighted by atomic mass is 79.9. The highest BCUT2D eigenvalue weighted by Gasteiger charge is 2.43. The lowest BCUT2D eigenvalue weighted by molar-refractivity contribution is -0.0901. The second kappa shape index (κ2) is 7.82. The molecule has 0 bridgehead atoms. The summed E-state index contributed by atoms with van der Waals surface area (Å²) in [6.07, 6.45) is 0.765. The molecule has 0 saturated heterocycles. The van der Waals surface area contributed by atoms with E-state index >= 15 is 0 Å². The van der Waals surface area contributed by atoms with E-state index in [2.05, 4.69) is 35.8 Å². The van der Waals surface area contributed by atoms with E-state index < -0.39 is 0 Å². The molecule has 1 aliphatic carbocycles. The Morgan fingerprint density at radius 3 is 2.71 bits per heavy atom. The topological polar surface area (TPSA) is 27.7 Å². The van der Waals surface area contributed by atoms with Gasteiger partial charge in [-0.15, -0.1) is 11.6 Å². The van der Waals surface area contributed by atoms with Crippen molar-refractivity contribution in [3.8, 4) is 5.75 Å². The van der Waals surface area contributed by atoms with Gasteiger partial charge in [0, 0.05) is 18.0 Å². The minimum Gasteiger partial charge on any atom is -0.487 e. The zero-order valence-corrected chi connectivity index (χ0v) is 15.0. The highest BCUT2D eigenvalue weighted by molar-refractivity contribution is 9.10. The summed E-state index contributed by atoms with van der Waals surface area (Å²) < 4.78 is 18.0. The Bertz CT molecular complexity index is 467. The predicted octanol–water partition coefficient (Wildman–Crippen LogP) is 4.36. The highest BCUT2D eigenvalue weighted by Crippen LogP contribution is 2.36. The molecule has 3 nitrogen and oxygen atoms in total. The largest absolute Gasteiger partial charge is 0.487 e. The predicted molar refractivity (Wildman–Crippen MR) is 88.5 cm³/mol. The van der Waals surface area contributed by atoms with E-state index in [1.54, 1.807) is 7.11 Å². The SMILES string of the molecule is COCCOC1C(Cl)CC1Oc1ccc(Br)cc1C(C)C. The first kappa shape index (κ1) is 17.1. The van der Waals surface area contributed by atoms with E-state index in [-0.39, 0.29) is 17.6 Å². The first-order valence-electron chi connectivity index (χ1n) is 7.23. The molecule has 0 aromatic heterocycles. The van der Waals surface area contributed by atoms with Crippen molar-refractivity contribution >= 4 is 27.5 Å². The van der Waals surface area contributed by atoms with E-state index in [9.17, 15) is 0 Å². The van der Waals surface area contributed by atoms with Crippen molar-refractivity contribution < 1.29 is 14.2 Å². The van der Waals surface area contributed by atoms with E-state index in [1.165, 1.54) is 5.56 Å². The molecule has 3 atom stereocenters. The maximum Gasteiger partial charge on any atom is 0.128 e. The smallest absolute Gasteiger partial charge is 0.128 e. The number of ether oxygens (including phenoxy) is 3. The Labute approximate surface area is 140 Å². The molecule has 1 fully saturated rings. The lowest BCUT2D eigenvalue weighted by atomic mass is 9.90. The van der Waals surface area contributed by atoms with E-state index in [1.807, 2.05) is 12.1 Å². The molecule has 0 spiro atoms. The average Bonchev–Trinajstić information content (AvgIpc) is 2.44. The van der Waals surface area contributed by atoms with Gasteiger partial charge in [0.1, 0.15) is 18.0 Å². The normalized spacial score (nSPS) is 25.0. The van der Waals surface area contributed by atoms with Crippen molar-refractivity contribution in [2.24, 2.45) is 0 Å². The van der Waals surface area contributed by atoms with Crippen LogP contribution < -0.4 is 4.74 Å². The fraction of sp³-hybridized carbons (Fsp3) is 0.625. The number of hydrogen-bond acceptors (Lipinski definition) is 3. The zero-order chi connectivity index (χ0) is 15.4. The Morgan fingerprint density at radius 1 is 1.33 bits per heavy atom. The third-order valence-corrected chi connectivity index (χ3v) is 4.57. The van der Waals surface area contributed by atoms with Crippen LogP contribution in [0, 0.1) is 0 Å². The summed E-state index contributed by atoms with van der Waals surface area (Å²) in [5.74, 6) is 1.32. The molecular formula is C16H22BrClO3. The van der Waals surface area contributed by atoms with Gasteiger partial charge in [-0.2, -0.15) is 0 Å². The van der Waals surface area contributed by atoms with Crippen LogP contribution in [0.15, 0.2) is 22.7 Å². The second-order valence-electron chi connectivity index (χ2n) is 5.57. The molecule has 21 heavy (non-hydrogen) atoms. The average molecular weight is 378 g/mol. The van der Waals surface area contributed by atoms with Crippen molar-refractivity contribution in [3.63, 3.8) is 0 Å². The van der Waals surface area contributed by atoms with E-state index in [0.717, 1.165) is 16.6 Å². The summed E-state index contributed by atoms with van der Waals surface area (Å²) >= 11 is 9.74. The van der Waals surface area contributed by atoms with E-state index in [0.29, 0.717) is 19.1 Å². The maximum absolute atomic E-state index is 6.23. The fourth-order valence-electron chi connectivity index (χ4n) is 2.36. The maximum atomic E-state index is 6.23. The van der Waals surface area contributed by atoms with Crippen molar-refractivity contribution in [2.45, 2.75) is 43.8 Å². The quantitative estimate of drug-likeness (QED) is 0.522. The van der Waals surface area contributed by atoms with Crippen LogP contribution in [-0.4, -0.2) is 37.9 Å². The van der Waals surface area contributed by atoms with Gasteiger partial charge >= 0.3 is 0 Å². The molecule has 3 unspecified atom stereocenters. The van der Waals surface area contributed by atoms with Crippen LogP contribution in [0.1, 0.15) is 31.7 Å². The molecule has 1 aromatic rings. The van der Waals surface area contributed by atoms with Crippen molar-refractivity contribution in [1.82, 2.24) is 0 Å². The van der Waals surface area contributed by atoms with Gasteiger partial charge in [0.2, 0.25) is 0 Å². The minimum atomic E-state index is -0.0644. The van der Waals surface area contributed by atoms with Crippen molar-refractivity contribution in [1.29, 1.82) is 0 Å². The first-order chi connectivity index (χ1) is 10.0. The Morgan fingerprint density at radius 2 is 2.10 bits per heavy atom. The summed E-state index contributed by atoms with van der Waals surface area (Å²) in [6.45, 7) is 5.43. The van der Waals surface area contributed by atoms with Crippen molar-refractivity contribution in [3.05, 3.63) is 28.2 Å². The molecule has 0 radical (unpaired) electrons. The van der Waals surface area contributed by atoms with Gasteiger partial charge in [-0.1, -0.05) is 29.8 Å². The molecule has 0 aliphatic heterocycles. The monoisotopic (exact) mass is 376 g/mol. The molecular weight excluding hydrogens is 356 g/mol. The molecule has 5 heteroatoms. The summed E-state index contributed by atoms with van der Waals surface area (Å²) in [5, 5.41) is 0.0183. The molecule has 1 aromatic carbocycles. The van der Waals surface area contributed by atoms with Crippen LogP contribution >= 0.6 is 27.5 Å². The van der Waals surface area contributed by atoms with Crippen LogP contribution in [-0.2, 0) is 9.47 Å². The molecule has 1 aliphatic rings. The number of rotatable bonds is 7. The van der Waals surface area contributed by atoms with Crippen molar-refractivity contribution in [2.75, 3.05) is 20.3 Å². The lowest BCUT2D eigenvalue weighted by Crippen LogP contribution is -2.53. The first-order valence-corrected chi connectivity index (χ1v) is 8.46. The number of alkyl halides is 1. The summed E-state index contributed by atoms with van der Waals surface area (Å²) in [4.78, 5) is 0. The van der Waals surface area contributed by atoms with Crippen LogP contribution in [0.2, 0.25) is 0 Å². The summed E-state index contributed by atoms with van der Waals surface area (Å²) in [5.41, 5.74) is 1.19. The Hall–Kier alpha value is -0.290. The van der Waals surface area contributed by atoms with Crippen LogP contribution in [0.5, 0.6) is 5.75 Å². The Balaban J connectivity index is 2.01. The number of halogens is 2. The molecule has 118 valence electrons. The van der Waals surface area contributed by atoms with Crippen LogP contribution in [0.4, 0.5) is 0 Å². The van der Waals surface area contributed by atoms with Gasteiger partial charge in [-0.3, -0.25) is 0 Å². The van der Waals surface area contributed by atoms with Crippen LogP contribution in [0.25, 0.3) is 0 Å². The molecule has 0 amide bonds. The van der Waals surface area contributed by atoms with Gasteiger partial charge < -0.3 is 14.2 Å². The Kier molecular flexibility index (Phi) is 6.35. The number of hydrogen-bond donors (Lipinski definition) is 0. The fourth-order valence-corrected chi connectivity index (χ4v) is 3.15. The lowest BCUT2D eigenvalue weighted by Gasteiger charge is -2.41. The van der Waals surface area contributed by atoms with Gasteiger partial charge in [0.05, 0.1) is 18.6 Å². The molecule has 0 heterocycles. The molecule has 0 N–H and O–H groups in total. The van der Waals surface area contributed by atoms with Crippen LogP contribution in [0.3, 0.4) is 0 Å². The molecule has 2 rings (SSSR count). The van der Waals surface area contributed by atoms with Gasteiger partial charge in [0.25, 0.3) is 0 Å². The molecule has 1 saturated carbocycles. The summed E-state index contributed by atoms with van der Waals surface area (Å²) in [6, 6.07) is 6.11. The minimum absolute atomic E-state index is 0.0167. The zero-order valence-electron chi connectivity index (χ0n) is 12.6. The second-order valence-corrected chi connectivity index (χ2v) is 7.05. The third-order valence-electron chi connectivity index (χ3n) is 3.65. The number of benzene rings is 1. The van der Waals surface area contributed by atoms with Gasteiger partial charge in [-0.05, 0) is 29.7 Å². The standard InChI is InChI=1S/C16H22BrClO3/c1-10(2)12-8-11(17)4-5-14(12)21-15-9-13(18)16(15)20-7-6-19-3/h4-5,8,10,13,15-16H,6-7,9H2,1-3H3. The summed E-state index contributed by atoms with van der Waals surface area (Å²) in [7, 11) is 1.66.